The zero-order valence-electron chi connectivity index (χ0n) is 21.2. The lowest BCUT2D eigenvalue weighted by atomic mass is 10.0. The van der Waals surface area contributed by atoms with E-state index >= 15 is 0 Å². The fourth-order valence-corrected chi connectivity index (χ4v) is 5.22. The van der Waals surface area contributed by atoms with Crippen LogP contribution in [0, 0.1) is 12.7 Å². The number of halogens is 1. The Kier molecular flexibility index (Phi) is 6.75. The summed E-state index contributed by atoms with van der Waals surface area (Å²) >= 11 is 0. The molecule has 0 aliphatic heterocycles. The molecule has 0 spiro atoms. The van der Waals surface area contributed by atoms with Crippen LogP contribution in [0.25, 0.3) is 27.7 Å². The van der Waals surface area contributed by atoms with Gasteiger partial charge in [-0.2, -0.15) is 0 Å². The highest BCUT2D eigenvalue weighted by molar-refractivity contribution is 7.92. The van der Waals surface area contributed by atoms with Crippen molar-refractivity contribution < 1.29 is 22.3 Å². The number of hydrogen-bond acceptors (Lipinski definition) is 7. The molecule has 2 heterocycles. The molecule has 0 bridgehead atoms. The maximum absolute atomic E-state index is 13.1. The van der Waals surface area contributed by atoms with Crippen molar-refractivity contribution in [2.45, 2.75) is 11.8 Å². The van der Waals surface area contributed by atoms with Crippen LogP contribution in [0.4, 0.5) is 10.3 Å². The van der Waals surface area contributed by atoms with E-state index in [9.17, 15) is 17.6 Å². The van der Waals surface area contributed by atoms with Crippen LogP contribution < -0.4 is 19.8 Å². The Balaban J connectivity index is 1.57. The van der Waals surface area contributed by atoms with Gasteiger partial charge >= 0.3 is 0 Å². The first-order valence-corrected chi connectivity index (χ1v) is 13.2. The molecule has 39 heavy (non-hydrogen) atoms. The number of methoxy groups -OCH3 is 2. The summed E-state index contributed by atoms with van der Waals surface area (Å²) in [6, 6.07) is 18.6. The molecule has 1 N–H and O–H groups in total. The van der Waals surface area contributed by atoms with Crippen molar-refractivity contribution in [3.05, 3.63) is 101 Å². The standard InChI is InChI=1S/C28H23FN4O5S/c1-17-4-5-18(13-25(17)37-2)19-6-9-24(26(14-19)38-3)33-23-10-8-22(12-20(23)7-11-27(33)34)39(35,36)32-28-30-15-21(29)16-31-28/h4-16H,1-3H3,(H,30,31,32). The highest BCUT2D eigenvalue weighted by Crippen LogP contribution is 2.33. The van der Waals surface area contributed by atoms with Crippen molar-refractivity contribution in [3.8, 4) is 28.3 Å². The van der Waals surface area contributed by atoms with E-state index in [4.69, 9.17) is 9.47 Å². The van der Waals surface area contributed by atoms with Gasteiger partial charge in [0.05, 0.1) is 42.7 Å². The summed E-state index contributed by atoms with van der Waals surface area (Å²) in [6.45, 7) is 1.96. The Labute approximate surface area is 223 Å². The Bertz CT molecular complexity index is 1870. The molecule has 0 saturated heterocycles. The van der Waals surface area contributed by atoms with Crippen LogP contribution in [0.2, 0.25) is 0 Å². The molecule has 11 heteroatoms. The lowest BCUT2D eigenvalue weighted by molar-refractivity contribution is 0.411. The van der Waals surface area contributed by atoms with E-state index in [1.807, 2.05) is 37.3 Å². The first-order chi connectivity index (χ1) is 18.7. The number of nitrogens with one attached hydrogen (secondary N) is 1. The third-order valence-corrected chi connectivity index (χ3v) is 7.51. The van der Waals surface area contributed by atoms with Crippen LogP contribution in [0.5, 0.6) is 11.5 Å². The minimum atomic E-state index is -4.08. The predicted octanol–water partition coefficient (Wildman–Crippen LogP) is 4.71. The van der Waals surface area contributed by atoms with Crippen LogP contribution >= 0.6 is 0 Å². The van der Waals surface area contributed by atoms with Crippen LogP contribution in [0.15, 0.2) is 88.8 Å². The average molecular weight is 547 g/mol. The molecule has 0 aliphatic carbocycles. The third kappa shape index (κ3) is 5.04. The molecule has 9 nitrogen and oxygen atoms in total. The van der Waals surface area contributed by atoms with E-state index in [2.05, 4.69) is 14.7 Å². The minimum absolute atomic E-state index is 0.0799. The van der Waals surface area contributed by atoms with Gasteiger partial charge in [-0.1, -0.05) is 18.2 Å². The molecule has 5 aromatic rings. The molecular formula is C28H23FN4O5S. The van der Waals surface area contributed by atoms with Crippen LogP contribution in [0.1, 0.15) is 5.56 Å². The zero-order valence-corrected chi connectivity index (χ0v) is 22.0. The summed E-state index contributed by atoms with van der Waals surface area (Å²) in [5.74, 6) is 0.252. The Morgan fingerprint density at radius 3 is 2.21 bits per heavy atom. The maximum atomic E-state index is 13.1. The third-order valence-electron chi connectivity index (χ3n) is 6.18. The van der Waals surface area contributed by atoms with Crippen molar-refractivity contribution in [3.63, 3.8) is 0 Å². The van der Waals surface area contributed by atoms with Gasteiger partial charge in [-0.15, -0.1) is 0 Å². The number of ether oxygens (including phenoxy) is 2. The molecule has 0 radical (unpaired) electrons. The first kappa shape index (κ1) is 25.9. The fraction of sp³-hybridized carbons (Fsp3) is 0.107. The van der Waals surface area contributed by atoms with Crippen molar-refractivity contribution in [2.75, 3.05) is 18.9 Å². The van der Waals surface area contributed by atoms with Crippen molar-refractivity contribution in [2.24, 2.45) is 0 Å². The average Bonchev–Trinajstić information content (AvgIpc) is 2.94. The molecular weight excluding hydrogens is 523 g/mol. The Morgan fingerprint density at radius 2 is 1.51 bits per heavy atom. The van der Waals surface area contributed by atoms with Crippen LogP contribution in [0.3, 0.4) is 0 Å². The molecule has 0 amide bonds. The summed E-state index contributed by atoms with van der Waals surface area (Å²) in [5, 5.41) is 0.493. The predicted molar refractivity (Wildman–Crippen MR) is 146 cm³/mol. The van der Waals surface area contributed by atoms with E-state index in [-0.39, 0.29) is 16.4 Å². The van der Waals surface area contributed by atoms with Crippen molar-refractivity contribution >= 4 is 26.9 Å². The topological polar surface area (TPSA) is 112 Å². The Morgan fingerprint density at radius 1 is 0.846 bits per heavy atom. The number of hydrogen-bond donors (Lipinski definition) is 1. The quantitative estimate of drug-likeness (QED) is 0.315. The van der Waals surface area contributed by atoms with Crippen LogP contribution in [-0.2, 0) is 10.0 Å². The minimum Gasteiger partial charge on any atom is -0.496 e. The number of anilines is 1. The lowest BCUT2D eigenvalue weighted by Gasteiger charge is -2.16. The van der Waals surface area contributed by atoms with Crippen molar-refractivity contribution in [1.82, 2.24) is 14.5 Å². The normalized spacial score (nSPS) is 11.4. The highest BCUT2D eigenvalue weighted by atomic mass is 32.2. The van der Waals surface area contributed by atoms with E-state index in [1.165, 1.54) is 35.9 Å². The molecule has 0 unspecified atom stereocenters. The molecule has 5 rings (SSSR count). The molecule has 0 aliphatic rings. The summed E-state index contributed by atoms with van der Waals surface area (Å²) in [4.78, 5) is 20.2. The second-order valence-corrected chi connectivity index (χ2v) is 10.3. The van der Waals surface area contributed by atoms with Gasteiger partial charge in [-0.25, -0.2) is 27.5 Å². The highest BCUT2D eigenvalue weighted by Gasteiger charge is 2.19. The van der Waals surface area contributed by atoms with Crippen LogP contribution in [-0.4, -0.2) is 37.2 Å². The zero-order chi connectivity index (χ0) is 27.7. The monoisotopic (exact) mass is 546 g/mol. The maximum Gasteiger partial charge on any atom is 0.264 e. The molecule has 3 aromatic carbocycles. The van der Waals surface area contributed by atoms with Gasteiger partial charge in [0.1, 0.15) is 11.5 Å². The summed E-state index contributed by atoms with van der Waals surface area (Å²) in [7, 11) is -0.950. The number of benzene rings is 3. The first-order valence-electron chi connectivity index (χ1n) is 11.7. The largest absolute Gasteiger partial charge is 0.496 e. The number of nitrogens with zero attached hydrogens (tertiary/aromatic N) is 3. The van der Waals surface area contributed by atoms with Gasteiger partial charge in [0.25, 0.3) is 15.6 Å². The lowest BCUT2D eigenvalue weighted by Crippen LogP contribution is -2.19. The molecule has 0 fully saturated rings. The van der Waals surface area contributed by atoms with E-state index in [0.29, 0.717) is 22.3 Å². The SMILES string of the molecule is COc1cc(-c2ccc(-n3c(=O)ccc4cc(S(=O)(=O)Nc5ncc(F)cn5)ccc43)c(OC)c2)ccc1C. The van der Waals surface area contributed by atoms with E-state index < -0.39 is 15.8 Å². The Hall–Kier alpha value is -4.77. The van der Waals surface area contributed by atoms with Gasteiger partial charge < -0.3 is 9.47 Å². The van der Waals surface area contributed by atoms with E-state index in [1.54, 1.807) is 19.2 Å². The van der Waals surface area contributed by atoms with Gasteiger partial charge in [0.15, 0.2) is 5.82 Å². The van der Waals surface area contributed by atoms with E-state index in [0.717, 1.165) is 34.8 Å². The molecule has 198 valence electrons. The number of fused-ring (bicyclic) bond motifs is 1. The number of sulfonamides is 1. The van der Waals surface area contributed by atoms with Gasteiger partial charge in [0, 0.05) is 11.5 Å². The molecule has 0 saturated carbocycles. The van der Waals surface area contributed by atoms with Gasteiger partial charge in [-0.05, 0) is 66.1 Å². The number of aromatic nitrogens is 3. The molecule has 0 atom stereocenters. The second-order valence-electron chi connectivity index (χ2n) is 8.63. The summed E-state index contributed by atoms with van der Waals surface area (Å²) < 4.78 is 53.7. The number of rotatable bonds is 7. The van der Waals surface area contributed by atoms with Gasteiger partial charge in [0.2, 0.25) is 5.95 Å². The second kappa shape index (κ2) is 10.2. The summed E-state index contributed by atoms with van der Waals surface area (Å²) in [6.07, 6.45) is 1.72. The summed E-state index contributed by atoms with van der Waals surface area (Å²) in [5.41, 5.74) is 3.43. The smallest absolute Gasteiger partial charge is 0.264 e. The van der Waals surface area contributed by atoms with Crippen molar-refractivity contribution in [1.29, 1.82) is 0 Å². The number of aryl methyl sites for hydroxylation is 1. The molecule has 2 aromatic heterocycles. The fourth-order valence-electron chi connectivity index (χ4n) is 4.23. The van der Waals surface area contributed by atoms with Gasteiger partial charge in [-0.3, -0.25) is 9.36 Å². The number of pyridine rings is 1.